The predicted molar refractivity (Wildman–Crippen MR) is 109 cm³/mol. The molecule has 27 heavy (non-hydrogen) atoms. The van der Waals surface area contributed by atoms with Gasteiger partial charge in [-0.25, -0.2) is 4.79 Å². The van der Waals surface area contributed by atoms with Gasteiger partial charge in [-0.1, -0.05) is 50.1 Å². The Morgan fingerprint density at radius 1 is 1.00 bits per heavy atom. The fourth-order valence-electron chi connectivity index (χ4n) is 3.43. The highest BCUT2D eigenvalue weighted by atomic mass is 16.3. The number of aryl methyl sites for hydroxylation is 1. The molecule has 1 aliphatic carbocycles. The van der Waals surface area contributed by atoms with Crippen LogP contribution in [0.25, 0.3) is 0 Å². The largest absolute Gasteiger partial charge is 0.483 e. The zero-order valence-corrected chi connectivity index (χ0v) is 15.9. The van der Waals surface area contributed by atoms with Crippen molar-refractivity contribution in [2.75, 3.05) is 10.6 Å². The van der Waals surface area contributed by atoms with Crippen LogP contribution in [0.2, 0.25) is 0 Å². The Labute approximate surface area is 160 Å². The van der Waals surface area contributed by atoms with Gasteiger partial charge in [0, 0.05) is 11.4 Å². The summed E-state index contributed by atoms with van der Waals surface area (Å²) >= 11 is 0. The van der Waals surface area contributed by atoms with Gasteiger partial charge < -0.3 is 15.7 Å². The molecule has 0 bridgehead atoms. The molecule has 2 aromatic carbocycles. The van der Waals surface area contributed by atoms with Gasteiger partial charge in [0.2, 0.25) is 0 Å². The number of carbonyl (C=O) groups is 2. The van der Waals surface area contributed by atoms with Gasteiger partial charge in [0.15, 0.2) is 0 Å². The second-order valence-corrected chi connectivity index (χ2v) is 7.08. The van der Waals surface area contributed by atoms with Gasteiger partial charge in [-0.15, -0.1) is 0 Å². The van der Waals surface area contributed by atoms with Crippen LogP contribution in [0.1, 0.15) is 49.7 Å². The Kier molecular flexibility index (Phi) is 7.86. The maximum atomic E-state index is 12.1. The van der Waals surface area contributed by atoms with Crippen LogP contribution < -0.4 is 10.6 Å². The second kappa shape index (κ2) is 10.4. The zero-order valence-electron chi connectivity index (χ0n) is 15.9. The highest BCUT2D eigenvalue weighted by Gasteiger charge is 2.19. The first-order valence-electron chi connectivity index (χ1n) is 9.35. The SMILES string of the molecule is Cc1ccccc1NC(=O)Nc1ccc(C2CCC(C)CC2)cc1.O=CO. The monoisotopic (exact) mass is 368 g/mol. The molecule has 2 amide bonds. The quantitative estimate of drug-likeness (QED) is 0.614. The Morgan fingerprint density at radius 2 is 1.59 bits per heavy atom. The molecular weight excluding hydrogens is 340 g/mol. The van der Waals surface area contributed by atoms with E-state index < -0.39 is 0 Å². The molecule has 0 atom stereocenters. The Balaban J connectivity index is 0.000000817. The summed E-state index contributed by atoms with van der Waals surface area (Å²) in [5.41, 5.74) is 4.11. The minimum Gasteiger partial charge on any atom is -0.483 e. The number of rotatable bonds is 3. The van der Waals surface area contributed by atoms with Crippen LogP contribution in [0.4, 0.5) is 16.2 Å². The number of hydrogen-bond donors (Lipinski definition) is 3. The van der Waals surface area contributed by atoms with Crippen molar-refractivity contribution in [2.45, 2.75) is 45.4 Å². The van der Waals surface area contributed by atoms with E-state index in [0.29, 0.717) is 5.92 Å². The standard InChI is InChI=1S/C21H26N2O.CH2O2/c1-15-7-9-17(10-8-15)18-11-13-19(14-12-18)22-21(24)23-20-6-4-3-5-16(20)2;2-1-3/h3-6,11-15,17H,7-10H2,1-2H3,(H2,22,23,24);1H,(H,2,3). The molecule has 0 heterocycles. The lowest BCUT2D eigenvalue weighted by Gasteiger charge is -2.26. The molecule has 1 saturated carbocycles. The Morgan fingerprint density at radius 3 is 2.19 bits per heavy atom. The topological polar surface area (TPSA) is 78.4 Å². The molecule has 1 fully saturated rings. The lowest BCUT2D eigenvalue weighted by molar-refractivity contribution is -0.122. The molecule has 0 radical (unpaired) electrons. The third-order valence-corrected chi connectivity index (χ3v) is 5.05. The van der Waals surface area contributed by atoms with Crippen LogP contribution >= 0.6 is 0 Å². The number of carboxylic acid groups (broad SMARTS) is 1. The van der Waals surface area contributed by atoms with E-state index in [1.165, 1.54) is 31.2 Å². The molecule has 3 N–H and O–H groups in total. The summed E-state index contributed by atoms with van der Waals surface area (Å²) in [6, 6.07) is 15.9. The first kappa shape index (κ1) is 20.5. The molecular formula is C22H28N2O3. The Bertz CT molecular complexity index is 735. The highest BCUT2D eigenvalue weighted by Crippen LogP contribution is 2.35. The number of carbonyl (C=O) groups excluding carboxylic acids is 1. The number of urea groups is 1. The third kappa shape index (κ3) is 6.44. The summed E-state index contributed by atoms with van der Waals surface area (Å²) in [4.78, 5) is 20.5. The van der Waals surface area contributed by atoms with E-state index in [0.717, 1.165) is 22.9 Å². The lowest BCUT2D eigenvalue weighted by atomic mass is 9.79. The van der Waals surface area contributed by atoms with Crippen molar-refractivity contribution in [3.05, 3.63) is 59.7 Å². The van der Waals surface area contributed by atoms with Crippen LogP contribution in [0.5, 0.6) is 0 Å². The van der Waals surface area contributed by atoms with Crippen molar-refractivity contribution in [3.8, 4) is 0 Å². The number of nitrogens with one attached hydrogen (secondary N) is 2. The van der Waals surface area contributed by atoms with Crippen LogP contribution in [0, 0.1) is 12.8 Å². The minimum absolute atomic E-state index is 0.205. The average molecular weight is 368 g/mol. The van der Waals surface area contributed by atoms with Crippen molar-refractivity contribution in [2.24, 2.45) is 5.92 Å². The predicted octanol–water partition coefficient (Wildman–Crippen LogP) is 5.63. The van der Waals surface area contributed by atoms with Crippen LogP contribution in [-0.2, 0) is 4.79 Å². The van der Waals surface area contributed by atoms with Gasteiger partial charge in [-0.3, -0.25) is 4.79 Å². The smallest absolute Gasteiger partial charge is 0.323 e. The molecule has 5 nitrogen and oxygen atoms in total. The van der Waals surface area contributed by atoms with Crippen molar-refractivity contribution in [1.29, 1.82) is 0 Å². The maximum absolute atomic E-state index is 12.1. The van der Waals surface area contributed by atoms with Gasteiger partial charge in [-0.2, -0.15) is 0 Å². The van der Waals surface area contributed by atoms with Crippen LogP contribution in [0.3, 0.4) is 0 Å². The molecule has 2 aromatic rings. The normalized spacial score (nSPS) is 18.6. The van der Waals surface area contributed by atoms with Gasteiger partial charge in [0.1, 0.15) is 0 Å². The molecule has 0 aromatic heterocycles. The minimum atomic E-state index is -0.250. The number of para-hydroxylation sites is 1. The van der Waals surface area contributed by atoms with Gasteiger partial charge >= 0.3 is 6.03 Å². The second-order valence-electron chi connectivity index (χ2n) is 7.08. The first-order valence-corrected chi connectivity index (χ1v) is 9.35. The highest BCUT2D eigenvalue weighted by molar-refractivity contribution is 6.00. The molecule has 0 unspecified atom stereocenters. The van der Waals surface area contributed by atoms with Gasteiger partial charge in [0.25, 0.3) is 6.47 Å². The van der Waals surface area contributed by atoms with Gasteiger partial charge in [0.05, 0.1) is 0 Å². The fraction of sp³-hybridized carbons (Fsp3) is 0.364. The molecule has 0 saturated heterocycles. The summed E-state index contributed by atoms with van der Waals surface area (Å²) in [6.45, 7) is 4.08. The van der Waals surface area contributed by atoms with E-state index in [9.17, 15) is 4.79 Å². The van der Waals surface area contributed by atoms with E-state index in [1.807, 2.05) is 43.3 Å². The van der Waals surface area contributed by atoms with Crippen molar-refractivity contribution in [3.63, 3.8) is 0 Å². The Hall–Kier alpha value is -2.82. The third-order valence-electron chi connectivity index (χ3n) is 5.05. The van der Waals surface area contributed by atoms with E-state index in [4.69, 9.17) is 9.90 Å². The summed E-state index contributed by atoms with van der Waals surface area (Å²) in [5.74, 6) is 1.54. The summed E-state index contributed by atoms with van der Waals surface area (Å²) < 4.78 is 0. The molecule has 144 valence electrons. The summed E-state index contributed by atoms with van der Waals surface area (Å²) in [6.07, 6.45) is 5.20. The van der Waals surface area contributed by atoms with E-state index in [1.54, 1.807) is 0 Å². The number of hydrogen-bond acceptors (Lipinski definition) is 2. The zero-order chi connectivity index (χ0) is 19.6. The van der Waals surface area contributed by atoms with Crippen LogP contribution in [-0.4, -0.2) is 17.6 Å². The van der Waals surface area contributed by atoms with Crippen LogP contribution in [0.15, 0.2) is 48.5 Å². The van der Waals surface area contributed by atoms with E-state index in [-0.39, 0.29) is 12.5 Å². The van der Waals surface area contributed by atoms with E-state index >= 15 is 0 Å². The number of benzene rings is 2. The van der Waals surface area contributed by atoms with Gasteiger partial charge in [-0.05, 0) is 60.9 Å². The van der Waals surface area contributed by atoms with E-state index in [2.05, 4.69) is 29.7 Å². The molecule has 5 heteroatoms. The summed E-state index contributed by atoms with van der Waals surface area (Å²) in [5, 5.41) is 12.7. The molecule has 3 rings (SSSR count). The first-order chi connectivity index (χ1) is 13.0. The number of anilines is 2. The van der Waals surface area contributed by atoms with Crippen molar-refractivity contribution < 1.29 is 14.7 Å². The summed E-state index contributed by atoms with van der Waals surface area (Å²) in [7, 11) is 0. The average Bonchev–Trinajstić information content (AvgIpc) is 2.66. The van der Waals surface area contributed by atoms with Crippen molar-refractivity contribution >= 4 is 23.9 Å². The molecule has 0 spiro atoms. The maximum Gasteiger partial charge on any atom is 0.323 e. The number of amides is 2. The lowest BCUT2D eigenvalue weighted by Crippen LogP contribution is -2.20. The van der Waals surface area contributed by atoms with Crippen molar-refractivity contribution in [1.82, 2.24) is 0 Å². The molecule has 0 aliphatic heterocycles. The molecule has 1 aliphatic rings. The fourth-order valence-corrected chi connectivity index (χ4v) is 3.43.